The molecule has 3 N–H and O–H groups in total. The van der Waals surface area contributed by atoms with Crippen LogP contribution in [0.15, 0.2) is 53.2 Å². The van der Waals surface area contributed by atoms with Gasteiger partial charge < -0.3 is 24.6 Å². The average molecular weight is 548 g/mol. The molecule has 5 heterocycles. The topological polar surface area (TPSA) is 128 Å². The molecule has 1 fully saturated rings. The second-order valence-electron chi connectivity index (χ2n) is 10.3. The molecule has 202 valence electrons. The zero-order chi connectivity index (χ0) is 27.0. The number of ether oxygens (including phenoxy) is 2. The fourth-order valence-electron chi connectivity index (χ4n) is 4.18. The maximum Gasteiger partial charge on any atom is 0.324 e. The van der Waals surface area contributed by atoms with E-state index in [1.807, 2.05) is 67.8 Å². The lowest BCUT2D eigenvalue weighted by Crippen LogP contribution is -2.41. The number of amides is 2. The van der Waals surface area contributed by atoms with E-state index < -0.39 is 6.03 Å². The number of nitrogens with zero attached hydrogens (tertiary/aromatic N) is 4. The summed E-state index contributed by atoms with van der Waals surface area (Å²) in [6, 6.07) is 12.7. The summed E-state index contributed by atoms with van der Waals surface area (Å²) >= 11 is 1.51. The van der Waals surface area contributed by atoms with Crippen LogP contribution in [0.1, 0.15) is 26.5 Å². The van der Waals surface area contributed by atoms with Crippen molar-refractivity contribution in [1.82, 2.24) is 24.8 Å². The van der Waals surface area contributed by atoms with Crippen LogP contribution in [0, 0.1) is 0 Å². The van der Waals surface area contributed by atoms with Crippen LogP contribution in [0.3, 0.4) is 0 Å². The van der Waals surface area contributed by atoms with Gasteiger partial charge in [0.15, 0.2) is 10.8 Å². The molecule has 0 saturated carbocycles. The molecule has 12 heteroatoms. The fourth-order valence-corrected chi connectivity index (χ4v) is 5.16. The first-order chi connectivity index (χ1) is 18.8. The second-order valence-corrected chi connectivity index (χ2v) is 11.3. The van der Waals surface area contributed by atoms with Crippen LogP contribution in [0.4, 0.5) is 16.3 Å². The molecule has 1 aliphatic rings. The van der Waals surface area contributed by atoms with Gasteiger partial charge in [-0.25, -0.2) is 14.8 Å². The van der Waals surface area contributed by atoms with Gasteiger partial charge in [0.2, 0.25) is 5.88 Å². The molecular weight excluding hydrogens is 518 g/mol. The number of urea groups is 1. The second kappa shape index (κ2) is 10.3. The monoisotopic (exact) mass is 547 g/mol. The number of carbonyl (C=O) groups excluding carboxylic acids is 1. The van der Waals surface area contributed by atoms with Crippen molar-refractivity contribution >= 4 is 44.2 Å². The SMILES string of the molecule is CC(C)(C)c1cc(NC(=O)Nc2ccc(-c3cn4c(n3)sc3nc(OC[C@H]5CNCCO5)ccc34)cc2)no1. The zero-order valence-electron chi connectivity index (χ0n) is 21.9. The molecule has 1 saturated heterocycles. The molecule has 11 nitrogen and oxygen atoms in total. The number of morpholine rings is 1. The van der Waals surface area contributed by atoms with Crippen LogP contribution < -0.4 is 20.7 Å². The van der Waals surface area contributed by atoms with Crippen molar-refractivity contribution in [2.45, 2.75) is 32.3 Å². The number of hydrogen-bond donors (Lipinski definition) is 3. The highest BCUT2D eigenvalue weighted by Crippen LogP contribution is 2.30. The van der Waals surface area contributed by atoms with Crippen molar-refractivity contribution in [3.63, 3.8) is 0 Å². The third-order valence-corrected chi connectivity index (χ3v) is 7.25. The van der Waals surface area contributed by atoms with Crippen LogP contribution >= 0.6 is 11.3 Å². The summed E-state index contributed by atoms with van der Waals surface area (Å²) in [4.78, 5) is 23.6. The van der Waals surface area contributed by atoms with E-state index >= 15 is 0 Å². The maximum atomic E-state index is 12.4. The molecule has 6 rings (SSSR count). The molecule has 0 spiro atoms. The van der Waals surface area contributed by atoms with E-state index in [0.29, 0.717) is 36.4 Å². The number of pyridine rings is 1. The van der Waals surface area contributed by atoms with Gasteiger partial charge in [0, 0.05) is 48.1 Å². The number of benzene rings is 1. The number of anilines is 2. The minimum atomic E-state index is -0.399. The lowest BCUT2D eigenvalue weighted by Gasteiger charge is -2.23. The van der Waals surface area contributed by atoms with Gasteiger partial charge in [-0.05, 0) is 18.2 Å². The molecule has 0 radical (unpaired) electrons. The molecule has 1 aromatic carbocycles. The summed E-state index contributed by atoms with van der Waals surface area (Å²) < 4.78 is 18.9. The molecular formula is C27H29N7O4S. The average Bonchev–Trinajstić information content (AvgIpc) is 3.63. The first-order valence-electron chi connectivity index (χ1n) is 12.7. The van der Waals surface area contributed by atoms with E-state index in [9.17, 15) is 4.79 Å². The standard InChI is InChI=1S/C27H29N7O4S/c1-27(2,3)21-12-22(33-38-21)31-25(35)29-17-6-4-16(5-7-17)19-14-34-20-8-9-23(32-24(20)39-26(34)30-19)37-15-18-13-28-10-11-36-18/h4-9,12,14,18,28H,10-11,13,15H2,1-3H3,(H2,29,31,33,35)/t18-/m1/s1. The predicted molar refractivity (Wildman–Crippen MR) is 150 cm³/mol. The van der Waals surface area contributed by atoms with Crippen LogP contribution in [0.5, 0.6) is 5.88 Å². The summed E-state index contributed by atoms with van der Waals surface area (Å²) in [6.45, 7) is 8.86. The molecule has 1 atom stereocenters. The van der Waals surface area contributed by atoms with E-state index in [1.165, 1.54) is 11.3 Å². The van der Waals surface area contributed by atoms with Gasteiger partial charge in [0.1, 0.15) is 23.3 Å². The predicted octanol–water partition coefficient (Wildman–Crippen LogP) is 4.91. The Morgan fingerprint density at radius 2 is 2.03 bits per heavy atom. The number of imidazole rings is 1. The van der Waals surface area contributed by atoms with Crippen molar-refractivity contribution in [2.24, 2.45) is 0 Å². The number of aromatic nitrogens is 4. The Balaban J connectivity index is 1.10. The van der Waals surface area contributed by atoms with E-state index in [2.05, 4.69) is 26.1 Å². The molecule has 0 bridgehead atoms. The number of fused-ring (bicyclic) bond motifs is 3. The van der Waals surface area contributed by atoms with E-state index in [4.69, 9.17) is 19.0 Å². The van der Waals surface area contributed by atoms with Crippen molar-refractivity contribution < 1.29 is 18.8 Å². The molecule has 39 heavy (non-hydrogen) atoms. The maximum absolute atomic E-state index is 12.4. The molecule has 5 aromatic rings. The fraction of sp³-hybridized carbons (Fsp3) is 0.333. The van der Waals surface area contributed by atoms with Crippen LogP contribution in [-0.4, -0.2) is 58.0 Å². The normalized spacial score (nSPS) is 16.0. The number of carbonyl (C=O) groups is 1. The zero-order valence-corrected chi connectivity index (χ0v) is 22.7. The number of rotatable bonds is 6. The van der Waals surface area contributed by atoms with Crippen LogP contribution in [0.2, 0.25) is 0 Å². The van der Waals surface area contributed by atoms with E-state index in [0.717, 1.165) is 39.7 Å². The number of thiazole rings is 1. The Morgan fingerprint density at radius 3 is 2.77 bits per heavy atom. The Kier molecular flexibility index (Phi) is 6.67. The third-order valence-electron chi connectivity index (χ3n) is 6.29. The van der Waals surface area contributed by atoms with Crippen molar-refractivity contribution in [2.75, 3.05) is 36.9 Å². The molecule has 2 amide bonds. The first-order valence-corrected chi connectivity index (χ1v) is 13.5. The van der Waals surface area contributed by atoms with E-state index in [1.54, 1.807) is 6.07 Å². The Hall–Kier alpha value is -4.00. The largest absolute Gasteiger partial charge is 0.475 e. The van der Waals surface area contributed by atoms with Gasteiger partial charge in [0.25, 0.3) is 0 Å². The Morgan fingerprint density at radius 1 is 1.18 bits per heavy atom. The minimum absolute atomic E-state index is 0.0329. The molecule has 4 aromatic heterocycles. The van der Waals surface area contributed by atoms with Gasteiger partial charge in [0.05, 0.1) is 17.8 Å². The summed E-state index contributed by atoms with van der Waals surface area (Å²) in [6.07, 6.45) is 2.02. The molecule has 1 aliphatic heterocycles. The van der Waals surface area contributed by atoms with Crippen LogP contribution in [-0.2, 0) is 10.2 Å². The van der Waals surface area contributed by atoms with Crippen LogP contribution in [0.25, 0.3) is 26.6 Å². The quantitative estimate of drug-likeness (QED) is 0.274. The van der Waals surface area contributed by atoms with Gasteiger partial charge in [-0.15, -0.1) is 0 Å². The smallest absolute Gasteiger partial charge is 0.324 e. The summed E-state index contributed by atoms with van der Waals surface area (Å²) in [5, 5.41) is 12.7. The molecule has 0 unspecified atom stereocenters. The van der Waals surface area contributed by atoms with Gasteiger partial charge in [-0.2, -0.15) is 0 Å². The first kappa shape index (κ1) is 25.3. The lowest BCUT2D eigenvalue weighted by atomic mass is 9.93. The summed E-state index contributed by atoms with van der Waals surface area (Å²) in [7, 11) is 0. The summed E-state index contributed by atoms with van der Waals surface area (Å²) in [5.74, 6) is 1.64. The van der Waals surface area contributed by atoms with Gasteiger partial charge in [-0.3, -0.25) is 9.72 Å². The van der Waals surface area contributed by atoms with Crippen molar-refractivity contribution in [3.05, 3.63) is 54.4 Å². The Bertz CT molecular complexity index is 1610. The highest BCUT2D eigenvalue weighted by atomic mass is 32.1. The number of nitrogens with one attached hydrogen (secondary N) is 3. The van der Waals surface area contributed by atoms with Gasteiger partial charge in [-0.1, -0.05) is 49.4 Å². The van der Waals surface area contributed by atoms with Crippen molar-refractivity contribution in [3.8, 4) is 17.1 Å². The highest BCUT2D eigenvalue weighted by molar-refractivity contribution is 7.23. The minimum Gasteiger partial charge on any atom is -0.475 e. The highest BCUT2D eigenvalue weighted by Gasteiger charge is 2.20. The summed E-state index contributed by atoms with van der Waals surface area (Å²) in [5.41, 5.74) is 3.19. The van der Waals surface area contributed by atoms with Crippen molar-refractivity contribution in [1.29, 1.82) is 0 Å². The van der Waals surface area contributed by atoms with E-state index in [-0.39, 0.29) is 11.5 Å². The van der Waals surface area contributed by atoms with Gasteiger partial charge >= 0.3 is 6.03 Å². The Labute approximate surface area is 228 Å². The third kappa shape index (κ3) is 5.58. The lowest BCUT2D eigenvalue weighted by molar-refractivity contribution is -0.000666. The number of hydrogen-bond acceptors (Lipinski definition) is 9. The molecule has 0 aliphatic carbocycles.